The second-order valence-corrected chi connectivity index (χ2v) is 6.19. The van der Waals surface area contributed by atoms with Crippen molar-refractivity contribution in [2.24, 2.45) is 0 Å². The lowest BCUT2D eigenvalue weighted by Crippen LogP contribution is -2.35. The molecule has 8 heteroatoms. The first-order valence-electron chi connectivity index (χ1n) is 8.28. The van der Waals surface area contributed by atoms with Crippen LogP contribution >= 0.6 is 0 Å². The fourth-order valence-corrected chi connectivity index (χ4v) is 3.13. The zero-order valence-electron chi connectivity index (χ0n) is 14.0. The number of nitro groups is 1. The van der Waals surface area contributed by atoms with Crippen LogP contribution in [0.5, 0.6) is 5.75 Å². The van der Waals surface area contributed by atoms with Gasteiger partial charge in [0.15, 0.2) is 5.75 Å². The van der Waals surface area contributed by atoms with Gasteiger partial charge in [-0.15, -0.1) is 0 Å². The van der Waals surface area contributed by atoms with Gasteiger partial charge in [-0.1, -0.05) is 19.1 Å². The van der Waals surface area contributed by atoms with Crippen LogP contribution in [0.25, 0.3) is 0 Å². The maximum absolute atomic E-state index is 12.2. The summed E-state index contributed by atoms with van der Waals surface area (Å²) in [5.41, 5.74) is 1.58. The van der Waals surface area contributed by atoms with E-state index in [2.05, 4.69) is 9.97 Å². The van der Waals surface area contributed by atoms with Crippen LogP contribution in [0.1, 0.15) is 36.0 Å². The molecule has 0 saturated carbocycles. The molecule has 1 aromatic heterocycles. The molecule has 3 rings (SSSR count). The van der Waals surface area contributed by atoms with E-state index >= 15 is 0 Å². The van der Waals surface area contributed by atoms with Gasteiger partial charge in [0.05, 0.1) is 10.6 Å². The second-order valence-electron chi connectivity index (χ2n) is 6.19. The van der Waals surface area contributed by atoms with Crippen molar-refractivity contribution in [2.45, 2.75) is 39.3 Å². The first-order valence-corrected chi connectivity index (χ1v) is 8.28. The summed E-state index contributed by atoms with van der Waals surface area (Å²) >= 11 is 0. The maximum atomic E-state index is 12.2. The number of rotatable bonds is 5. The number of phenols is 1. The number of phenolic OH excluding ortho intramolecular Hbond substituents is 1. The van der Waals surface area contributed by atoms with Crippen LogP contribution in [-0.4, -0.2) is 31.4 Å². The first kappa shape index (κ1) is 17.1. The molecule has 0 fully saturated rings. The summed E-state index contributed by atoms with van der Waals surface area (Å²) in [7, 11) is 0. The number of hydrogen-bond acceptors (Lipinski definition) is 6. The van der Waals surface area contributed by atoms with Crippen LogP contribution in [0.15, 0.2) is 23.0 Å². The molecule has 2 heterocycles. The van der Waals surface area contributed by atoms with Crippen molar-refractivity contribution in [3.63, 3.8) is 0 Å². The van der Waals surface area contributed by atoms with Crippen molar-refractivity contribution >= 4 is 5.69 Å². The van der Waals surface area contributed by atoms with Gasteiger partial charge in [0.2, 0.25) is 0 Å². The Morgan fingerprint density at radius 2 is 2.24 bits per heavy atom. The molecular weight excluding hydrogens is 324 g/mol. The van der Waals surface area contributed by atoms with E-state index in [1.54, 1.807) is 12.1 Å². The fraction of sp³-hybridized carbons (Fsp3) is 0.412. The number of nitro benzene ring substituents is 1. The molecule has 1 aliphatic heterocycles. The van der Waals surface area contributed by atoms with Gasteiger partial charge in [0, 0.05) is 43.2 Å². The summed E-state index contributed by atoms with van der Waals surface area (Å²) in [6, 6.07) is 4.52. The maximum Gasteiger partial charge on any atom is 0.311 e. The van der Waals surface area contributed by atoms with Crippen LogP contribution in [0, 0.1) is 10.1 Å². The van der Waals surface area contributed by atoms with Gasteiger partial charge in [0.25, 0.3) is 5.56 Å². The molecule has 0 aliphatic carbocycles. The number of nitrogens with one attached hydrogen (secondary N) is 1. The Labute approximate surface area is 144 Å². The Hall–Kier alpha value is -2.74. The van der Waals surface area contributed by atoms with E-state index in [1.165, 1.54) is 6.07 Å². The predicted molar refractivity (Wildman–Crippen MR) is 91.4 cm³/mol. The SMILES string of the molecule is CCCc1nc2c(c(=O)[nH]1)CCN(Cc1cccc([N+](=O)[O-])c1O)C2. The van der Waals surface area contributed by atoms with Crippen LogP contribution in [0.3, 0.4) is 0 Å². The largest absolute Gasteiger partial charge is 0.502 e. The number of aromatic amines is 1. The zero-order chi connectivity index (χ0) is 18.0. The highest BCUT2D eigenvalue weighted by atomic mass is 16.6. The number of H-pyrrole nitrogens is 1. The van der Waals surface area contributed by atoms with E-state index < -0.39 is 4.92 Å². The third kappa shape index (κ3) is 3.53. The number of hydrogen-bond donors (Lipinski definition) is 2. The summed E-state index contributed by atoms with van der Waals surface area (Å²) in [6.07, 6.45) is 2.18. The lowest BCUT2D eigenvalue weighted by atomic mass is 10.0. The van der Waals surface area contributed by atoms with Gasteiger partial charge in [-0.2, -0.15) is 0 Å². The molecule has 8 nitrogen and oxygen atoms in total. The molecule has 0 spiro atoms. The Bertz CT molecular complexity index is 862. The molecule has 1 aromatic carbocycles. The molecule has 0 saturated heterocycles. The lowest BCUT2D eigenvalue weighted by Gasteiger charge is -2.27. The average Bonchev–Trinajstić information content (AvgIpc) is 2.56. The highest BCUT2D eigenvalue weighted by molar-refractivity contribution is 5.50. The molecule has 0 atom stereocenters. The number of para-hydroxylation sites is 1. The average molecular weight is 344 g/mol. The molecule has 2 N–H and O–H groups in total. The van der Waals surface area contributed by atoms with E-state index in [0.717, 1.165) is 12.1 Å². The van der Waals surface area contributed by atoms with Crippen molar-refractivity contribution in [3.8, 4) is 5.75 Å². The summed E-state index contributed by atoms with van der Waals surface area (Å²) in [6.45, 7) is 3.51. The number of fused-ring (bicyclic) bond motifs is 1. The van der Waals surface area contributed by atoms with E-state index in [0.29, 0.717) is 49.4 Å². The van der Waals surface area contributed by atoms with Gasteiger partial charge < -0.3 is 10.1 Å². The van der Waals surface area contributed by atoms with Gasteiger partial charge >= 0.3 is 5.69 Å². The Balaban J connectivity index is 1.83. The number of aryl methyl sites for hydroxylation is 1. The van der Waals surface area contributed by atoms with E-state index in [1.807, 2.05) is 11.8 Å². The standard InChI is InChI=1S/C17H20N4O4/c1-2-4-15-18-13-10-20(8-7-12(13)17(23)19-15)9-11-5-3-6-14(16(11)22)21(24)25/h3,5-6,22H,2,4,7-10H2,1H3,(H,18,19,23). The quantitative estimate of drug-likeness (QED) is 0.633. The van der Waals surface area contributed by atoms with Crippen LogP contribution in [0.4, 0.5) is 5.69 Å². The predicted octanol–water partition coefficient (Wildman–Crippen LogP) is 1.89. The van der Waals surface area contributed by atoms with Crippen molar-refractivity contribution < 1.29 is 10.0 Å². The Kier molecular flexibility index (Phi) is 4.80. The van der Waals surface area contributed by atoms with E-state index in [-0.39, 0.29) is 17.0 Å². The molecule has 2 aromatic rings. The molecule has 0 radical (unpaired) electrons. The van der Waals surface area contributed by atoms with Crippen LogP contribution in [-0.2, 0) is 25.9 Å². The molecule has 1 aliphatic rings. The highest BCUT2D eigenvalue weighted by Crippen LogP contribution is 2.30. The van der Waals surface area contributed by atoms with E-state index in [9.17, 15) is 20.0 Å². The molecule has 0 bridgehead atoms. The summed E-state index contributed by atoms with van der Waals surface area (Å²) in [4.78, 5) is 31.9. The smallest absolute Gasteiger partial charge is 0.311 e. The Morgan fingerprint density at radius 3 is 2.96 bits per heavy atom. The Morgan fingerprint density at radius 1 is 1.44 bits per heavy atom. The fourth-order valence-electron chi connectivity index (χ4n) is 3.13. The third-order valence-electron chi connectivity index (χ3n) is 4.38. The molecular formula is C17H20N4O4. The van der Waals surface area contributed by atoms with Crippen LogP contribution in [0.2, 0.25) is 0 Å². The zero-order valence-corrected chi connectivity index (χ0v) is 14.0. The monoisotopic (exact) mass is 344 g/mol. The third-order valence-corrected chi connectivity index (χ3v) is 4.38. The summed E-state index contributed by atoms with van der Waals surface area (Å²) in [5, 5.41) is 21.1. The second kappa shape index (κ2) is 7.02. The minimum absolute atomic E-state index is 0.0775. The molecule has 132 valence electrons. The normalized spacial score (nSPS) is 14.3. The van der Waals surface area contributed by atoms with Crippen molar-refractivity contribution in [1.29, 1.82) is 0 Å². The molecule has 0 unspecified atom stereocenters. The minimum atomic E-state index is -0.595. The topological polar surface area (TPSA) is 112 Å². The van der Waals surface area contributed by atoms with Gasteiger partial charge in [-0.05, 0) is 12.8 Å². The molecule has 25 heavy (non-hydrogen) atoms. The van der Waals surface area contributed by atoms with Gasteiger partial charge in [-0.3, -0.25) is 19.8 Å². The first-order chi connectivity index (χ1) is 12.0. The van der Waals surface area contributed by atoms with E-state index in [4.69, 9.17) is 0 Å². The summed E-state index contributed by atoms with van der Waals surface area (Å²) < 4.78 is 0. The van der Waals surface area contributed by atoms with Gasteiger partial charge in [-0.25, -0.2) is 4.98 Å². The number of aromatic hydroxyl groups is 1. The summed E-state index contributed by atoms with van der Waals surface area (Å²) in [5.74, 6) is 0.384. The van der Waals surface area contributed by atoms with Gasteiger partial charge in [0.1, 0.15) is 5.82 Å². The lowest BCUT2D eigenvalue weighted by molar-refractivity contribution is -0.385. The van der Waals surface area contributed by atoms with Crippen molar-refractivity contribution in [3.05, 3.63) is 61.3 Å². The highest BCUT2D eigenvalue weighted by Gasteiger charge is 2.23. The minimum Gasteiger partial charge on any atom is -0.502 e. The van der Waals surface area contributed by atoms with Crippen LogP contribution < -0.4 is 5.56 Å². The van der Waals surface area contributed by atoms with Crippen molar-refractivity contribution in [2.75, 3.05) is 6.54 Å². The number of aromatic nitrogens is 2. The number of benzene rings is 1. The molecule has 0 amide bonds. The number of nitrogens with zero attached hydrogens (tertiary/aromatic N) is 3. The van der Waals surface area contributed by atoms with Crippen molar-refractivity contribution in [1.82, 2.24) is 14.9 Å².